The molecule has 0 saturated carbocycles. The average Bonchev–Trinajstić information content (AvgIpc) is 3.16. The van der Waals surface area contributed by atoms with Crippen LogP contribution in [-0.4, -0.2) is 29.2 Å². The number of carbonyl (C=O) groups is 1. The van der Waals surface area contributed by atoms with Crippen molar-refractivity contribution in [1.82, 2.24) is 14.9 Å². The molecule has 142 valence electrons. The van der Waals surface area contributed by atoms with Crippen molar-refractivity contribution in [3.8, 4) is 17.6 Å². The third-order valence-corrected chi connectivity index (χ3v) is 4.20. The van der Waals surface area contributed by atoms with Gasteiger partial charge in [0.05, 0.1) is 18.7 Å². The van der Waals surface area contributed by atoms with E-state index in [4.69, 9.17) is 14.7 Å². The van der Waals surface area contributed by atoms with Crippen LogP contribution in [0.3, 0.4) is 0 Å². The molecule has 28 heavy (non-hydrogen) atoms. The van der Waals surface area contributed by atoms with Gasteiger partial charge in [-0.1, -0.05) is 12.1 Å². The van der Waals surface area contributed by atoms with E-state index >= 15 is 0 Å². The maximum atomic E-state index is 12.5. The van der Waals surface area contributed by atoms with Gasteiger partial charge in [-0.2, -0.15) is 5.26 Å². The van der Waals surface area contributed by atoms with Crippen molar-refractivity contribution in [2.45, 2.75) is 6.04 Å². The third kappa shape index (κ3) is 4.48. The summed E-state index contributed by atoms with van der Waals surface area (Å²) in [6.45, 7) is -0.156. The van der Waals surface area contributed by atoms with Crippen LogP contribution in [0.2, 0.25) is 0 Å². The Morgan fingerprint density at radius 3 is 2.68 bits per heavy atom. The second kappa shape index (κ2) is 8.73. The van der Waals surface area contributed by atoms with Crippen molar-refractivity contribution in [2.75, 3.05) is 13.7 Å². The number of imidazole rings is 1. The Kier molecular flexibility index (Phi) is 5.92. The Bertz CT molecular complexity index is 989. The second-order valence-corrected chi connectivity index (χ2v) is 6.10. The molecule has 0 aliphatic rings. The summed E-state index contributed by atoms with van der Waals surface area (Å²) in [7, 11) is 3.47. The van der Waals surface area contributed by atoms with Crippen LogP contribution in [0.15, 0.2) is 60.9 Å². The number of hydrogen-bond acceptors (Lipinski definition) is 5. The number of ether oxygens (including phenoxy) is 2. The molecule has 1 heterocycles. The summed E-state index contributed by atoms with van der Waals surface area (Å²) in [5, 5.41) is 11.8. The van der Waals surface area contributed by atoms with Gasteiger partial charge in [0, 0.05) is 19.4 Å². The zero-order chi connectivity index (χ0) is 19.9. The molecule has 0 fully saturated rings. The number of nitriles is 1. The van der Waals surface area contributed by atoms with Crippen LogP contribution in [-0.2, 0) is 11.8 Å². The maximum Gasteiger partial charge on any atom is 0.258 e. The normalized spacial score (nSPS) is 11.3. The van der Waals surface area contributed by atoms with E-state index < -0.39 is 6.04 Å². The molecule has 1 aromatic heterocycles. The minimum atomic E-state index is -0.452. The van der Waals surface area contributed by atoms with Crippen LogP contribution in [0, 0.1) is 11.3 Å². The number of hydrogen-bond donors (Lipinski definition) is 1. The first kappa shape index (κ1) is 19.0. The highest BCUT2D eigenvalue weighted by molar-refractivity contribution is 5.78. The molecule has 1 N–H and O–H groups in total. The number of amides is 1. The SMILES string of the molecule is COc1cccc(C(NC(=O)COc2ccc(C#N)cc2)c2nccn2C)c1. The molecule has 0 aliphatic carbocycles. The lowest BCUT2D eigenvalue weighted by molar-refractivity contribution is -0.123. The molecular formula is C21H20N4O3. The van der Waals surface area contributed by atoms with Gasteiger partial charge in [-0.05, 0) is 42.0 Å². The van der Waals surface area contributed by atoms with E-state index in [9.17, 15) is 4.79 Å². The van der Waals surface area contributed by atoms with Crippen molar-refractivity contribution in [3.05, 3.63) is 77.9 Å². The monoisotopic (exact) mass is 376 g/mol. The minimum Gasteiger partial charge on any atom is -0.497 e. The highest BCUT2D eigenvalue weighted by Crippen LogP contribution is 2.24. The quantitative estimate of drug-likeness (QED) is 0.685. The van der Waals surface area contributed by atoms with Gasteiger partial charge in [0.15, 0.2) is 6.61 Å². The van der Waals surface area contributed by atoms with Gasteiger partial charge >= 0.3 is 0 Å². The third-order valence-electron chi connectivity index (χ3n) is 4.20. The largest absolute Gasteiger partial charge is 0.497 e. The number of aryl methyl sites for hydroxylation is 1. The predicted molar refractivity (Wildman–Crippen MR) is 103 cm³/mol. The van der Waals surface area contributed by atoms with E-state index in [-0.39, 0.29) is 12.5 Å². The molecule has 1 atom stereocenters. The average molecular weight is 376 g/mol. The summed E-state index contributed by atoms with van der Waals surface area (Å²) in [6.07, 6.45) is 3.50. The maximum absolute atomic E-state index is 12.5. The minimum absolute atomic E-state index is 0.156. The lowest BCUT2D eigenvalue weighted by Crippen LogP contribution is -2.34. The molecule has 1 amide bonds. The van der Waals surface area contributed by atoms with Crippen LogP contribution < -0.4 is 14.8 Å². The van der Waals surface area contributed by atoms with Crippen molar-refractivity contribution >= 4 is 5.91 Å². The highest BCUT2D eigenvalue weighted by Gasteiger charge is 2.21. The molecule has 0 aliphatic heterocycles. The highest BCUT2D eigenvalue weighted by atomic mass is 16.5. The molecule has 3 rings (SSSR count). The lowest BCUT2D eigenvalue weighted by atomic mass is 10.1. The Morgan fingerprint density at radius 2 is 2.04 bits per heavy atom. The molecule has 0 saturated heterocycles. The molecule has 3 aromatic rings. The summed E-state index contributed by atoms with van der Waals surface area (Å²) >= 11 is 0. The van der Waals surface area contributed by atoms with Crippen LogP contribution >= 0.6 is 0 Å². The zero-order valence-electron chi connectivity index (χ0n) is 15.6. The van der Waals surface area contributed by atoms with Crippen molar-refractivity contribution in [1.29, 1.82) is 5.26 Å². The van der Waals surface area contributed by atoms with Gasteiger partial charge in [-0.15, -0.1) is 0 Å². The van der Waals surface area contributed by atoms with Crippen molar-refractivity contribution < 1.29 is 14.3 Å². The van der Waals surface area contributed by atoms with E-state index in [0.29, 0.717) is 22.9 Å². The zero-order valence-corrected chi connectivity index (χ0v) is 15.6. The number of nitrogens with one attached hydrogen (secondary N) is 1. The van der Waals surface area contributed by atoms with Gasteiger partial charge < -0.3 is 19.4 Å². The molecule has 0 bridgehead atoms. The standard InChI is InChI=1S/C21H20N4O3/c1-25-11-10-23-21(25)20(16-4-3-5-18(12-16)27-2)24-19(26)14-28-17-8-6-15(13-22)7-9-17/h3-12,20H,14H2,1-2H3,(H,24,26). The molecule has 1 unspecified atom stereocenters. The van der Waals surface area contributed by atoms with E-state index in [0.717, 1.165) is 5.56 Å². The Morgan fingerprint density at radius 1 is 1.25 bits per heavy atom. The lowest BCUT2D eigenvalue weighted by Gasteiger charge is -2.20. The topological polar surface area (TPSA) is 89.2 Å². The van der Waals surface area contributed by atoms with Gasteiger partial charge in [0.25, 0.3) is 5.91 Å². The first-order valence-electron chi connectivity index (χ1n) is 8.64. The van der Waals surface area contributed by atoms with Crippen LogP contribution in [0.5, 0.6) is 11.5 Å². The molecular weight excluding hydrogens is 356 g/mol. The fourth-order valence-corrected chi connectivity index (χ4v) is 2.75. The number of rotatable bonds is 7. The van der Waals surface area contributed by atoms with Gasteiger partial charge in [0.2, 0.25) is 0 Å². The number of benzene rings is 2. The summed E-state index contributed by atoms with van der Waals surface area (Å²) in [5.74, 6) is 1.61. The molecule has 7 nitrogen and oxygen atoms in total. The Balaban J connectivity index is 1.74. The summed E-state index contributed by atoms with van der Waals surface area (Å²) in [5.41, 5.74) is 1.38. The van der Waals surface area contributed by atoms with Crippen molar-refractivity contribution in [2.24, 2.45) is 7.05 Å². The smallest absolute Gasteiger partial charge is 0.258 e. The number of carbonyl (C=O) groups excluding carboxylic acids is 1. The van der Waals surface area contributed by atoms with Crippen LogP contribution in [0.25, 0.3) is 0 Å². The molecule has 0 radical (unpaired) electrons. The number of nitrogens with zero attached hydrogens (tertiary/aromatic N) is 3. The Labute approximate surface area is 163 Å². The molecule has 2 aromatic carbocycles. The van der Waals surface area contributed by atoms with E-state index in [1.807, 2.05) is 48.1 Å². The number of aromatic nitrogens is 2. The van der Waals surface area contributed by atoms with E-state index in [2.05, 4.69) is 10.3 Å². The van der Waals surface area contributed by atoms with Crippen molar-refractivity contribution in [3.63, 3.8) is 0 Å². The second-order valence-electron chi connectivity index (χ2n) is 6.10. The van der Waals surface area contributed by atoms with Crippen LogP contribution in [0.1, 0.15) is 23.0 Å². The Hall–Kier alpha value is -3.79. The molecule has 0 spiro atoms. The fourth-order valence-electron chi connectivity index (χ4n) is 2.75. The van der Waals surface area contributed by atoms with E-state index in [1.165, 1.54) is 0 Å². The predicted octanol–water partition coefficient (Wildman–Crippen LogP) is 2.58. The fraction of sp³-hybridized carbons (Fsp3) is 0.190. The van der Waals surface area contributed by atoms with Gasteiger partial charge in [-0.3, -0.25) is 4.79 Å². The van der Waals surface area contributed by atoms with Gasteiger partial charge in [0.1, 0.15) is 23.4 Å². The summed E-state index contributed by atoms with van der Waals surface area (Å²) < 4.78 is 12.7. The summed E-state index contributed by atoms with van der Waals surface area (Å²) in [6, 6.07) is 15.7. The molecule has 7 heteroatoms. The summed E-state index contributed by atoms with van der Waals surface area (Å²) in [4.78, 5) is 16.9. The van der Waals surface area contributed by atoms with E-state index in [1.54, 1.807) is 37.6 Å². The first-order valence-corrected chi connectivity index (χ1v) is 8.64. The van der Waals surface area contributed by atoms with Gasteiger partial charge in [-0.25, -0.2) is 4.98 Å². The first-order chi connectivity index (χ1) is 13.6. The van der Waals surface area contributed by atoms with Crippen LogP contribution in [0.4, 0.5) is 0 Å². The number of methoxy groups -OCH3 is 1.